The average molecular weight is 847 g/mol. The first-order valence-corrected chi connectivity index (χ1v) is 20.7. The molecule has 6 rings (SSSR count). The molecule has 0 bridgehead atoms. The van der Waals surface area contributed by atoms with Gasteiger partial charge >= 0.3 is 23.9 Å². The number of H-pyrrole nitrogens is 1. The van der Waals surface area contributed by atoms with Gasteiger partial charge in [-0.2, -0.15) is 13.2 Å². The number of halogens is 4. The maximum Gasteiger partial charge on any atom is 0.418 e. The number of aromatic amines is 1. The molecule has 0 aliphatic carbocycles. The fraction of sp³-hybridized carbons (Fsp3) is 0.585. The SMILES string of the molecule is CN(C)CCCOC(=O)CN1CCC(C2CCN(C(=O)[C@@H](Cc3cc(Cl)c(N)c(C(F)(F)F)c3)OC(=O)N3CCC(n4nc(-c5ccccc5)[nH]c4=O)CC3)CC2)CC1. The minimum Gasteiger partial charge on any atom is -0.465 e. The lowest BCUT2D eigenvalue weighted by Gasteiger charge is -2.40. The third-order valence-corrected chi connectivity index (χ3v) is 12.0. The van der Waals surface area contributed by atoms with Crippen molar-refractivity contribution in [2.75, 3.05) is 78.8 Å². The number of rotatable bonds is 13. The fourth-order valence-corrected chi connectivity index (χ4v) is 8.63. The van der Waals surface area contributed by atoms with Gasteiger partial charge in [0.15, 0.2) is 11.9 Å². The molecule has 1 aromatic heterocycles. The number of nitrogen functional groups attached to an aromatic ring is 1. The summed E-state index contributed by atoms with van der Waals surface area (Å²) in [6.07, 6.45) is -2.48. The average Bonchev–Trinajstić information content (AvgIpc) is 3.61. The van der Waals surface area contributed by atoms with Crippen LogP contribution in [0.15, 0.2) is 47.3 Å². The summed E-state index contributed by atoms with van der Waals surface area (Å²) >= 11 is 6.14. The van der Waals surface area contributed by atoms with E-state index in [0.29, 0.717) is 50.2 Å². The summed E-state index contributed by atoms with van der Waals surface area (Å²) in [6.45, 7) is 4.30. The highest BCUT2D eigenvalue weighted by Gasteiger charge is 2.38. The van der Waals surface area contributed by atoms with Crippen molar-refractivity contribution in [2.45, 2.75) is 69.7 Å². The number of benzene rings is 2. The smallest absolute Gasteiger partial charge is 0.418 e. The molecule has 4 heterocycles. The first kappa shape index (κ1) is 44.0. The number of carbonyl (C=O) groups is 3. The summed E-state index contributed by atoms with van der Waals surface area (Å²) in [7, 11) is 3.95. The van der Waals surface area contributed by atoms with Gasteiger partial charge in [-0.25, -0.2) is 14.3 Å². The Labute approximate surface area is 346 Å². The minimum atomic E-state index is -4.80. The van der Waals surface area contributed by atoms with Crippen molar-refractivity contribution in [2.24, 2.45) is 11.8 Å². The summed E-state index contributed by atoms with van der Waals surface area (Å²) in [6, 6.07) is 11.1. The highest BCUT2D eigenvalue weighted by Crippen LogP contribution is 2.39. The van der Waals surface area contributed by atoms with E-state index in [9.17, 15) is 32.3 Å². The maximum absolute atomic E-state index is 14.2. The number of alkyl halides is 3. The zero-order valence-corrected chi connectivity index (χ0v) is 34.3. The molecule has 3 saturated heterocycles. The van der Waals surface area contributed by atoms with E-state index in [-0.39, 0.29) is 54.3 Å². The zero-order valence-electron chi connectivity index (χ0n) is 33.6. The normalized spacial score (nSPS) is 18.3. The van der Waals surface area contributed by atoms with Crippen molar-refractivity contribution in [1.29, 1.82) is 0 Å². The van der Waals surface area contributed by atoms with Crippen molar-refractivity contribution in [3.63, 3.8) is 0 Å². The number of carbonyl (C=O) groups excluding carboxylic acids is 3. The summed E-state index contributed by atoms with van der Waals surface area (Å²) in [5.41, 5.74) is 4.37. The quantitative estimate of drug-likeness (QED) is 0.131. The molecule has 1 atom stereocenters. The van der Waals surface area contributed by atoms with Gasteiger partial charge in [-0.05, 0) is 102 Å². The van der Waals surface area contributed by atoms with Crippen LogP contribution in [-0.2, 0) is 31.7 Å². The minimum absolute atomic E-state index is 0.0487. The van der Waals surface area contributed by atoms with Gasteiger partial charge in [0.2, 0.25) is 0 Å². The van der Waals surface area contributed by atoms with E-state index in [2.05, 4.69) is 15.0 Å². The topological polar surface area (TPSA) is 159 Å². The molecule has 3 aromatic rings. The Kier molecular flexibility index (Phi) is 14.6. The molecule has 18 heteroatoms. The first-order valence-electron chi connectivity index (χ1n) is 20.3. The maximum atomic E-state index is 14.2. The van der Waals surface area contributed by atoms with Gasteiger partial charge < -0.3 is 29.9 Å². The van der Waals surface area contributed by atoms with Crippen LogP contribution in [0.25, 0.3) is 11.4 Å². The third kappa shape index (κ3) is 11.6. The molecule has 59 heavy (non-hydrogen) atoms. The highest BCUT2D eigenvalue weighted by molar-refractivity contribution is 6.33. The Morgan fingerprint density at radius 1 is 0.949 bits per heavy atom. The number of ether oxygens (including phenoxy) is 2. The van der Waals surface area contributed by atoms with Gasteiger partial charge in [-0.1, -0.05) is 41.9 Å². The van der Waals surface area contributed by atoms with Gasteiger partial charge in [0.25, 0.3) is 5.91 Å². The molecule has 2 amide bonds. The van der Waals surface area contributed by atoms with Gasteiger partial charge in [0.1, 0.15) is 0 Å². The number of esters is 1. The number of hydrogen-bond donors (Lipinski definition) is 2. The molecule has 0 saturated carbocycles. The second-order valence-electron chi connectivity index (χ2n) is 16.1. The van der Waals surface area contributed by atoms with E-state index < -0.39 is 35.5 Å². The van der Waals surface area contributed by atoms with Crippen LogP contribution in [0, 0.1) is 11.8 Å². The van der Waals surface area contributed by atoms with Crippen LogP contribution in [0.1, 0.15) is 62.1 Å². The van der Waals surface area contributed by atoms with E-state index >= 15 is 0 Å². The fourth-order valence-electron chi connectivity index (χ4n) is 8.39. The van der Waals surface area contributed by atoms with Crippen LogP contribution < -0.4 is 11.4 Å². The lowest BCUT2D eigenvalue weighted by atomic mass is 9.78. The van der Waals surface area contributed by atoms with Gasteiger partial charge in [0, 0.05) is 44.7 Å². The number of anilines is 1. The molecular formula is C41H54ClF3N8O6. The van der Waals surface area contributed by atoms with Crippen molar-refractivity contribution in [3.05, 3.63) is 69.1 Å². The molecule has 3 N–H and O–H groups in total. The van der Waals surface area contributed by atoms with Crippen LogP contribution in [-0.4, -0.2) is 131 Å². The summed E-state index contributed by atoms with van der Waals surface area (Å²) in [5.74, 6) is 0.510. The molecule has 0 unspecified atom stereocenters. The summed E-state index contributed by atoms with van der Waals surface area (Å²) < 4.78 is 54.4. The number of amides is 2. The molecule has 3 fully saturated rings. The van der Waals surface area contributed by atoms with Crippen LogP contribution in [0.3, 0.4) is 0 Å². The van der Waals surface area contributed by atoms with Crippen LogP contribution >= 0.6 is 11.6 Å². The molecule has 3 aliphatic rings. The van der Waals surface area contributed by atoms with Crippen molar-refractivity contribution in [1.82, 2.24) is 34.4 Å². The number of likely N-dealkylation sites (tertiary alicyclic amines) is 3. The van der Waals surface area contributed by atoms with E-state index in [1.165, 1.54) is 15.6 Å². The Bertz CT molecular complexity index is 1950. The number of aromatic nitrogens is 3. The summed E-state index contributed by atoms with van der Waals surface area (Å²) in [5, 5.41) is 4.17. The second kappa shape index (κ2) is 19.6. The lowest BCUT2D eigenvalue weighted by molar-refractivity contribution is -0.145. The number of nitrogens with one attached hydrogen (secondary N) is 1. The Hall–Kier alpha value is -4.61. The van der Waals surface area contributed by atoms with Gasteiger partial charge in [-0.3, -0.25) is 19.5 Å². The highest BCUT2D eigenvalue weighted by atomic mass is 35.5. The first-order chi connectivity index (χ1) is 28.2. The second-order valence-corrected chi connectivity index (χ2v) is 16.5. The van der Waals surface area contributed by atoms with E-state index in [1.807, 2.05) is 49.3 Å². The van der Waals surface area contributed by atoms with Gasteiger partial charge in [0.05, 0.1) is 35.5 Å². The standard InChI is InChI=1S/C41H54ClF3N8O6/c1-49(2)15-6-22-58-35(54)26-50-16-9-28(10-17-50)29-11-18-51(19-12-29)38(55)34(25-27-23-32(41(43,44)45)36(46)33(42)24-27)59-40(57)52-20-13-31(14-21-52)53-39(56)47-37(48-53)30-7-4-3-5-8-30/h3-5,7-8,23-24,28-29,31,34H,6,9-22,25-26,46H2,1-2H3,(H,47,48,56)/t34-/m1/s1. The molecule has 0 spiro atoms. The predicted molar refractivity (Wildman–Crippen MR) is 216 cm³/mol. The molecule has 14 nitrogen and oxygen atoms in total. The molecule has 2 aromatic carbocycles. The van der Waals surface area contributed by atoms with Crippen molar-refractivity contribution < 1.29 is 37.0 Å². The monoisotopic (exact) mass is 846 g/mol. The van der Waals surface area contributed by atoms with Crippen LogP contribution in [0.5, 0.6) is 0 Å². The van der Waals surface area contributed by atoms with Crippen molar-refractivity contribution >= 4 is 35.3 Å². The lowest BCUT2D eigenvalue weighted by Crippen LogP contribution is -2.49. The van der Waals surface area contributed by atoms with E-state index in [0.717, 1.165) is 63.4 Å². The number of nitrogens with zero attached hydrogens (tertiary/aromatic N) is 6. The number of piperidine rings is 3. The Balaban J connectivity index is 1.06. The molecule has 0 radical (unpaired) electrons. The zero-order chi connectivity index (χ0) is 42.3. The Morgan fingerprint density at radius 2 is 1.58 bits per heavy atom. The van der Waals surface area contributed by atoms with E-state index in [1.54, 1.807) is 4.90 Å². The molecule has 322 valence electrons. The van der Waals surface area contributed by atoms with Crippen LogP contribution in [0.2, 0.25) is 5.02 Å². The Morgan fingerprint density at radius 3 is 2.20 bits per heavy atom. The number of hydrogen-bond acceptors (Lipinski definition) is 10. The summed E-state index contributed by atoms with van der Waals surface area (Å²) in [4.78, 5) is 63.0. The largest absolute Gasteiger partial charge is 0.465 e. The predicted octanol–water partition coefficient (Wildman–Crippen LogP) is 5.32. The van der Waals surface area contributed by atoms with Crippen LogP contribution in [0.4, 0.5) is 23.7 Å². The molecule has 3 aliphatic heterocycles. The molecular weight excluding hydrogens is 793 g/mol. The van der Waals surface area contributed by atoms with Gasteiger partial charge in [-0.15, -0.1) is 5.10 Å². The number of nitrogens with two attached hydrogens (primary N) is 1. The van der Waals surface area contributed by atoms with Crippen molar-refractivity contribution in [3.8, 4) is 11.4 Å². The third-order valence-electron chi connectivity index (χ3n) is 11.7. The van der Waals surface area contributed by atoms with E-state index in [4.69, 9.17) is 26.8 Å².